The minimum Gasteiger partial charge on any atom is -0.464 e. The number of hydrogen-bond acceptors (Lipinski definition) is 5. The molecule has 14 heavy (non-hydrogen) atoms. The highest BCUT2D eigenvalue weighted by molar-refractivity contribution is 6.02. The Balaban J connectivity index is 4.38. The van der Waals surface area contributed by atoms with E-state index >= 15 is 0 Å². The molecule has 0 aliphatic carbocycles. The lowest BCUT2D eigenvalue weighted by Crippen LogP contribution is -2.48. The van der Waals surface area contributed by atoms with Crippen molar-refractivity contribution in [1.82, 2.24) is 5.32 Å². The van der Waals surface area contributed by atoms with Gasteiger partial charge in [0.1, 0.15) is 6.23 Å². The smallest absolute Gasteiger partial charge is 0.330 e. The van der Waals surface area contributed by atoms with Crippen molar-refractivity contribution in [3.05, 3.63) is 0 Å². The van der Waals surface area contributed by atoms with Gasteiger partial charge in [-0.1, -0.05) is 6.92 Å². The highest BCUT2D eigenvalue weighted by Gasteiger charge is 2.26. The van der Waals surface area contributed by atoms with Crippen LogP contribution in [0.25, 0.3) is 0 Å². The zero-order valence-electron chi connectivity index (χ0n) is 8.74. The van der Waals surface area contributed by atoms with Gasteiger partial charge >= 0.3 is 5.97 Å². The maximum Gasteiger partial charge on any atom is 0.330 e. The van der Waals surface area contributed by atoms with E-state index in [9.17, 15) is 9.59 Å². The van der Waals surface area contributed by atoms with Gasteiger partial charge in [-0.15, -0.1) is 0 Å². The summed E-state index contributed by atoms with van der Waals surface area (Å²) in [7, 11) is 0. The Hall–Kier alpha value is -0.940. The number of hydrogen-bond donors (Lipinski definition) is 2. The van der Waals surface area contributed by atoms with E-state index in [-0.39, 0.29) is 18.8 Å². The SMILES string of the molecule is CCOC(=O)C(NC(C)O)C(=O)CC. The highest BCUT2D eigenvalue weighted by atomic mass is 16.5. The van der Waals surface area contributed by atoms with E-state index < -0.39 is 18.2 Å². The van der Waals surface area contributed by atoms with Gasteiger partial charge in [0.2, 0.25) is 0 Å². The third kappa shape index (κ3) is 4.34. The van der Waals surface area contributed by atoms with Gasteiger partial charge in [-0.2, -0.15) is 0 Å². The lowest BCUT2D eigenvalue weighted by Gasteiger charge is -2.17. The number of rotatable bonds is 6. The van der Waals surface area contributed by atoms with Crippen LogP contribution in [0.1, 0.15) is 27.2 Å². The lowest BCUT2D eigenvalue weighted by atomic mass is 10.1. The first-order chi connectivity index (χ1) is 6.52. The number of carbonyl (C=O) groups excluding carboxylic acids is 2. The van der Waals surface area contributed by atoms with Crippen LogP contribution in [0, 0.1) is 0 Å². The summed E-state index contributed by atoms with van der Waals surface area (Å²) >= 11 is 0. The summed E-state index contributed by atoms with van der Waals surface area (Å²) < 4.78 is 4.69. The standard InChI is InChI=1S/C9H17NO4/c1-4-7(12)8(10-6(3)11)9(13)14-5-2/h6,8,10-11H,4-5H2,1-3H3. The summed E-state index contributed by atoms with van der Waals surface area (Å²) in [6, 6.07) is -1.06. The Labute approximate surface area is 83.4 Å². The monoisotopic (exact) mass is 203 g/mol. The second-order valence-corrected chi connectivity index (χ2v) is 2.85. The molecule has 5 heteroatoms. The minimum absolute atomic E-state index is 0.216. The summed E-state index contributed by atoms with van der Waals surface area (Å²) in [4.78, 5) is 22.6. The van der Waals surface area contributed by atoms with Crippen LogP contribution in [0.3, 0.4) is 0 Å². The van der Waals surface area contributed by atoms with Crippen molar-refractivity contribution in [2.24, 2.45) is 0 Å². The van der Waals surface area contributed by atoms with E-state index in [1.54, 1.807) is 13.8 Å². The molecule has 0 rings (SSSR count). The quantitative estimate of drug-likeness (QED) is 0.356. The fourth-order valence-corrected chi connectivity index (χ4v) is 0.963. The Morgan fingerprint density at radius 2 is 2.00 bits per heavy atom. The minimum atomic E-state index is -1.06. The van der Waals surface area contributed by atoms with Crippen LogP contribution in [0.5, 0.6) is 0 Å². The molecule has 0 aliphatic heterocycles. The molecule has 82 valence electrons. The molecular weight excluding hydrogens is 186 g/mol. The number of carbonyl (C=O) groups is 2. The fourth-order valence-electron chi connectivity index (χ4n) is 0.963. The predicted molar refractivity (Wildman–Crippen MR) is 50.5 cm³/mol. The number of nitrogens with one attached hydrogen (secondary N) is 1. The van der Waals surface area contributed by atoms with Crippen molar-refractivity contribution in [2.75, 3.05) is 6.61 Å². The molecule has 0 aromatic rings. The molecule has 0 aliphatic rings. The number of ether oxygens (including phenoxy) is 1. The number of aliphatic hydroxyl groups is 1. The van der Waals surface area contributed by atoms with Crippen molar-refractivity contribution >= 4 is 11.8 Å². The molecule has 0 heterocycles. The fraction of sp³-hybridized carbons (Fsp3) is 0.778. The van der Waals surface area contributed by atoms with E-state index in [2.05, 4.69) is 5.32 Å². The van der Waals surface area contributed by atoms with Crippen LogP contribution in [-0.2, 0) is 14.3 Å². The second kappa shape index (κ2) is 6.50. The molecule has 2 unspecified atom stereocenters. The number of ketones is 1. The average Bonchev–Trinajstić information content (AvgIpc) is 2.13. The predicted octanol–water partition coefficient (Wildman–Crippen LogP) is -0.175. The van der Waals surface area contributed by atoms with Crippen LogP contribution < -0.4 is 5.32 Å². The van der Waals surface area contributed by atoms with Gasteiger partial charge in [0.25, 0.3) is 0 Å². The van der Waals surface area contributed by atoms with E-state index in [4.69, 9.17) is 9.84 Å². The normalized spacial score (nSPS) is 14.6. The third-order valence-electron chi connectivity index (χ3n) is 1.60. The van der Waals surface area contributed by atoms with E-state index in [0.717, 1.165) is 0 Å². The van der Waals surface area contributed by atoms with Crippen molar-refractivity contribution in [2.45, 2.75) is 39.5 Å². The summed E-state index contributed by atoms with van der Waals surface area (Å²) in [6.07, 6.45) is -0.691. The molecule has 0 saturated carbocycles. The van der Waals surface area contributed by atoms with Gasteiger partial charge in [-0.05, 0) is 13.8 Å². The second-order valence-electron chi connectivity index (χ2n) is 2.85. The van der Waals surface area contributed by atoms with E-state index in [1.807, 2.05) is 0 Å². The van der Waals surface area contributed by atoms with Crippen molar-refractivity contribution < 1.29 is 19.4 Å². The Morgan fingerprint density at radius 1 is 1.43 bits per heavy atom. The molecular formula is C9H17NO4. The van der Waals surface area contributed by atoms with Crippen LogP contribution in [0.2, 0.25) is 0 Å². The van der Waals surface area contributed by atoms with Gasteiger partial charge in [0.15, 0.2) is 11.8 Å². The first-order valence-corrected chi connectivity index (χ1v) is 4.66. The molecule has 0 fully saturated rings. The van der Waals surface area contributed by atoms with Gasteiger partial charge in [-0.25, -0.2) is 4.79 Å². The van der Waals surface area contributed by atoms with E-state index in [0.29, 0.717) is 0 Å². The molecule has 0 amide bonds. The van der Waals surface area contributed by atoms with Crippen molar-refractivity contribution in [1.29, 1.82) is 0 Å². The summed E-state index contributed by atoms with van der Waals surface area (Å²) in [5.41, 5.74) is 0. The number of aliphatic hydroxyl groups excluding tert-OH is 1. The molecule has 0 saturated heterocycles. The zero-order valence-corrected chi connectivity index (χ0v) is 8.74. The molecule has 5 nitrogen and oxygen atoms in total. The molecule has 2 N–H and O–H groups in total. The highest BCUT2D eigenvalue weighted by Crippen LogP contribution is 1.96. The van der Waals surface area contributed by atoms with Crippen molar-refractivity contribution in [3.8, 4) is 0 Å². The molecule has 0 spiro atoms. The zero-order chi connectivity index (χ0) is 11.1. The first kappa shape index (κ1) is 13.1. The summed E-state index contributed by atoms with van der Waals surface area (Å²) in [5, 5.41) is 11.5. The number of Topliss-reactive ketones (excluding diaryl/α,β-unsaturated/α-hetero) is 1. The van der Waals surface area contributed by atoms with Crippen LogP contribution in [0.4, 0.5) is 0 Å². The maximum absolute atomic E-state index is 11.3. The Kier molecular flexibility index (Phi) is 6.07. The molecule has 2 atom stereocenters. The maximum atomic E-state index is 11.3. The molecule has 0 radical (unpaired) electrons. The van der Waals surface area contributed by atoms with E-state index in [1.165, 1.54) is 6.92 Å². The largest absolute Gasteiger partial charge is 0.464 e. The Morgan fingerprint density at radius 3 is 2.36 bits per heavy atom. The summed E-state index contributed by atoms with van der Waals surface area (Å²) in [5.74, 6) is -0.926. The molecule has 0 bridgehead atoms. The summed E-state index contributed by atoms with van der Waals surface area (Å²) in [6.45, 7) is 4.97. The first-order valence-electron chi connectivity index (χ1n) is 4.66. The van der Waals surface area contributed by atoms with Gasteiger partial charge in [0.05, 0.1) is 6.61 Å². The average molecular weight is 203 g/mol. The molecule has 0 aromatic heterocycles. The van der Waals surface area contributed by atoms with Gasteiger partial charge in [0, 0.05) is 6.42 Å². The molecule has 0 aromatic carbocycles. The van der Waals surface area contributed by atoms with Gasteiger partial charge < -0.3 is 9.84 Å². The number of esters is 1. The van der Waals surface area contributed by atoms with Crippen molar-refractivity contribution in [3.63, 3.8) is 0 Å². The lowest BCUT2D eigenvalue weighted by molar-refractivity contribution is -0.149. The third-order valence-corrected chi connectivity index (χ3v) is 1.60. The van der Waals surface area contributed by atoms with Crippen LogP contribution in [-0.4, -0.2) is 35.7 Å². The van der Waals surface area contributed by atoms with Crippen LogP contribution >= 0.6 is 0 Å². The topological polar surface area (TPSA) is 75.6 Å². The van der Waals surface area contributed by atoms with Gasteiger partial charge in [-0.3, -0.25) is 10.1 Å². The Bertz CT molecular complexity index is 203. The van der Waals surface area contributed by atoms with Crippen LogP contribution in [0.15, 0.2) is 0 Å².